The largest absolute Gasteiger partial charge is 0.490 e. The van der Waals surface area contributed by atoms with Crippen LogP contribution in [0.15, 0.2) is 24.3 Å². The molecule has 3 aliphatic rings. The van der Waals surface area contributed by atoms with E-state index in [-0.39, 0.29) is 30.8 Å². The lowest BCUT2D eigenvalue weighted by Crippen LogP contribution is -2.59. The summed E-state index contributed by atoms with van der Waals surface area (Å²) in [6.07, 6.45) is 3.19. The molecule has 0 spiro atoms. The maximum Gasteiger partial charge on any atom is 0.225 e. The molecule has 1 aliphatic carbocycles. The van der Waals surface area contributed by atoms with Gasteiger partial charge in [0.15, 0.2) is 0 Å². The molecule has 0 aromatic heterocycles. The lowest BCUT2D eigenvalue weighted by atomic mass is 9.83. The van der Waals surface area contributed by atoms with Crippen LogP contribution in [0.1, 0.15) is 25.7 Å². The van der Waals surface area contributed by atoms with Crippen LogP contribution < -0.4 is 4.74 Å². The standard InChI is InChI=1S/C22H29ClN2O5/c23-18-5-2-6-19(13-18)29-16-22(14-20(26)24-7-10-28-11-8-24)15-25(9-12-30-22)21(27)17-3-1-4-17/h2,5-6,13,17H,1,3-4,7-12,14-16H2/t22-/m1/s1. The van der Waals surface area contributed by atoms with Crippen molar-refractivity contribution in [3.63, 3.8) is 0 Å². The van der Waals surface area contributed by atoms with Crippen molar-refractivity contribution in [3.8, 4) is 5.75 Å². The Hall–Kier alpha value is -1.83. The van der Waals surface area contributed by atoms with Crippen LogP contribution in [0.3, 0.4) is 0 Å². The highest BCUT2D eigenvalue weighted by Crippen LogP contribution is 2.32. The van der Waals surface area contributed by atoms with Gasteiger partial charge in [-0.3, -0.25) is 9.59 Å². The van der Waals surface area contributed by atoms with Crippen LogP contribution in [0, 0.1) is 5.92 Å². The number of benzene rings is 1. The molecule has 1 aromatic rings. The van der Waals surface area contributed by atoms with Crippen molar-refractivity contribution in [2.24, 2.45) is 5.92 Å². The second kappa shape index (κ2) is 9.54. The van der Waals surface area contributed by atoms with E-state index in [2.05, 4.69) is 0 Å². The lowest BCUT2D eigenvalue weighted by molar-refractivity contribution is -0.170. The van der Waals surface area contributed by atoms with Gasteiger partial charge in [0, 0.05) is 30.6 Å². The van der Waals surface area contributed by atoms with Crippen molar-refractivity contribution in [3.05, 3.63) is 29.3 Å². The minimum Gasteiger partial charge on any atom is -0.490 e. The molecule has 1 atom stereocenters. The lowest BCUT2D eigenvalue weighted by Gasteiger charge is -2.44. The number of rotatable bonds is 6. The van der Waals surface area contributed by atoms with Crippen molar-refractivity contribution in [2.75, 3.05) is 52.6 Å². The molecule has 164 valence electrons. The molecule has 0 bridgehead atoms. The van der Waals surface area contributed by atoms with E-state index < -0.39 is 5.60 Å². The number of hydrogen-bond donors (Lipinski definition) is 0. The smallest absolute Gasteiger partial charge is 0.225 e. The molecule has 2 aliphatic heterocycles. The number of ether oxygens (including phenoxy) is 3. The predicted octanol–water partition coefficient (Wildman–Crippen LogP) is 2.37. The second-order valence-electron chi connectivity index (χ2n) is 8.34. The Kier molecular flexibility index (Phi) is 6.80. The Morgan fingerprint density at radius 3 is 2.60 bits per heavy atom. The summed E-state index contributed by atoms with van der Waals surface area (Å²) in [5, 5.41) is 0.581. The van der Waals surface area contributed by atoms with Crippen LogP contribution in [-0.4, -0.2) is 79.8 Å². The number of carbonyl (C=O) groups excluding carboxylic acids is 2. The molecule has 8 heteroatoms. The Morgan fingerprint density at radius 1 is 1.13 bits per heavy atom. The highest BCUT2D eigenvalue weighted by Gasteiger charge is 2.44. The Labute approximate surface area is 182 Å². The molecular formula is C22H29ClN2O5. The third kappa shape index (κ3) is 5.07. The third-order valence-corrected chi connectivity index (χ3v) is 6.38. The highest BCUT2D eigenvalue weighted by molar-refractivity contribution is 6.30. The normalized spacial score (nSPS) is 25.0. The first-order valence-electron chi connectivity index (χ1n) is 10.7. The molecule has 7 nitrogen and oxygen atoms in total. The summed E-state index contributed by atoms with van der Waals surface area (Å²) in [5.74, 6) is 0.915. The van der Waals surface area contributed by atoms with Crippen LogP contribution >= 0.6 is 11.6 Å². The van der Waals surface area contributed by atoms with Crippen molar-refractivity contribution in [1.82, 2.24) is 9.80 Å². The summed E-state index contributed by atoms with van der Waals surface area (Å²) < 4.78 is 17.5. The Morgan fingerprint density at radius 2 is 1.90 bits per heavy atom. The van der Waals surface area contributed by atoms with E-state index >= 15 is 0 Å². The monoisotopic (exact) mass is 436 g/mol. The van der Waals surface area contributed by atoms with Crippen molar-refractivity contribution >= 4 is 23.4 Å². The minimum atomic E-state index is -0.880. The Bertz CT molecular complexity index is 766. The van der Waals surface area contributed by atoms with Gasteiger partial charge < -0.3 is 24.0 Å². The van der Waals surface area contributed by atoms with Crippen LogP contribution in [0.5, 0.6) is 5.75 Å². The minimum absolute atomic E-state index is 0.00550. The molecule has 2 amide bonds. The van der Waals surface area contributed by atoms with E-state index in [1.807, 2.05) is 17.0 Å². The first-order chi connectivity index (χ1) is 14.5. The van der Waals surface area contributed by atoms with E-state index in [1.165, 1.54) is 0 Å². The highest BCUT2D eigenvalue weighted by atomic mass is 35.5. The summed E-state index contributed by atoms with van der Waals surface area (Å²) in [4.78, 5) is 29.6. The van der Waals surface area contributed by atoms with Crippen LogP contribution in [0.25, 0.3) is 0 Å². The van der Waals surface area contributed by atoms with Gasteiger partial charge in [0.1, 0.15) is 18.0 Å². The number of hydrogen-bond acceptors (Lipinski definition) is 5. The molecule has 2 saturated heterocycles. The van der Waals surface area contributed by atoms with Crippen molar-refractivity contribution in [1.29, 1.82) is 0 Å². The Balaban J connectivity index is 1.48. The fourth-order valence-corrected chi connectivity index (χ4v) is 4.34. The van der Waals surface area contributed by atoms with Crippen LogP contribution in [-0.2, 0) is 19.1 Å². The topological polar surface area (TPSA) is 68.3 Å². The summed E-state index contributed by atoms with van der Waals surface area (Å²) in [7, 11) is 0. The van der Waals surface area contributed by atoms with Gasteiger partial charge >= 0.3 is 0 Å². The fraction of sp³-hybridized carbons (Fsp3) is 0.636. The van der Waals surface area contributed by atoms with E-state index in [1.54, 1.807) is 17.0 Å². The predicted molar refractivity (Wildman–Crippen MR) is 112 cm³/mol. The zero-order valence-corrected chi connectivity index (χ0v) is 17.9. The summed E-state index contributed by atoms with van der Waals surface area (Å²) in [5.41, 5.74) is -0.880. The van der Waals surface area contributed by atoms with E-state index in [0.29, 0.717) is 56.8 Å². The van der Waals surface area contributed by atoms with Crippen LogP contribution in [0.2, 0.25) is 5.02 Å². The van der Waals surface area contributed by atoms with Gasteiger partial charge in [0.05, 0.1) is 32.8 Å². The maximum atomic E-state index is 13.0. The molecule has 1 aromatic carbocycles. The number of amides is 2. The molecule has 30 heavy (non-hydrogen) atoms. The molecule has 0 N–H and O–H groups in total. The number of morpholine rings is 2. The zero-order chi connectivity index (χ0) is 21.0. The molecule has 1 saturated carbocycles. The van der Waals surface area contributed by atoms with Gasteiger partial charge in [-0.2, -0.15) is 0 Å². The second-order valence-corrected chi connectivity index (χ2v) is 8.77. The quantitative estimate of drug-likeness (QED) is 0.684. The van der Waals surface area contributed by atoms with Gasteiger partial charge in [-0.25, -0.2) is 0 Å². The third-order valence-electron chi connectivity index (χ3n) is 6.15. The molecule has 0 unspecified atom stereocenters. The number of nitrogens with zero attached hydrogens (tertiary/aromatic N) is 2. The van der Waals surface area contributed by atoms with Gasteiger partial charge in [0.25, 0.3) is 0 Å². The van der Waals surface area contributed by atoms with E-state index in [9.17, 15) is 9.59 Å². The summed E-state index contributed by atoms with van der Waals surface area (Å²) in [6, 6.07) is 7.16. The SMILES string of the molecule is O=C(C[C@]1(COc2cccc(Cl)c2)CN(C(=O)C2CCC2)CCO1)N1CCOCC1. The summed E-state index contributed by atoms with van der Waals surface area (Å²) >= 11 is 6.07. The first kappa shape index (κ1) is 21.4. The molecule has 0 radical (unpaired) electrons. The summed E-state index contributed by atoms with van der Waals surface area (Å²) in [6.45, 7) is 3.74. The number of carbonyl (C=O) groups is 2. The molecule has 3 fully saturated rings. The van der Waals surface area contributed by atoms with Gasteiger partial charge in [-0.15, -0.1) is 0 Å². The van der Waals surface area contributed by atoms with Crippen molar-refractivity contribution in [2.45, 2.75) is 31.3 Å². The average Bonchev–Trinajstić information content (AvgIpc) is 2.72. The van der Waals surface area contributed by atoms with E-state index in [0.717, 1.165) is 19.3 Å². The van der Waals surface area contributed by atoms with Gasteiger partial charge in [-0.1, -0.05) is 24.1 Å². The van der Waals surface area contributed by atoms with Crippen molar-refractivity contribution < 1.29 is 23.8 Å². The maximum absolute atomic E-state index is 13.0. The fourth-order valence-electron chi connectivity index (χ4n) is 4.16. The molecule has 4 rings (SSSR count). The van der Waals surface area contributed by atoms with Gasteiger partial charge in [-0.05, 0) is 31.0 Å². The first-order valence-corrected chi connectivity index (χ1v) is 11.1. The zero-order valence-electron chi connectivity index (χ0n) is 17.2. The van der Waals surface area contributed by atoms with Crippen LogP contribution in [0.4, 0.5) is 0 Å². The molecule has 2 heterocycles. The van der Waals surface area contributed by atoms with E-state index in [4.69, 9.17) is 25.8 Å². The average molecular weight is 437 g/mol. The van der Waals surface area contributed by atoms with Gasteiger partial charge in [0.2, 0.25) is 11.8 Å². The molecular weight excluding hydrogens is 408 g/mol. The number of halogens is 1.